The van der Waals surface area contributed by atoms with Gasteiger partial charge in [-0.3, -0.25) is 0 Å². The number of hydrogen-bond acceptors (Lipinski definition) is 3. The smallest absolute Gasteiger partial charge is 0.106 e. The minimum absolute atomic E-state index is 0.136. The molecule has 3 N–H and O–H groups in total. The van der Waals surface area contributed by atoms with Gasteiger partial charge in [-0.15, -0.1) is 0 Å². The molecule has 0 aliphatic heterocycles. The van der Waals surface area contributed by atoms with Gasteiger partial charge in [0, 0.05) is 22.9 Å². The normalized spacial score (nSPS) is 14.6. The summed E-state index contributed by atoms with van der Waals surface area (Å²) in [4.78, 5) is 5.23. The van der Waals surface area contributed by atoms with Crippen molar-refractivity contribution < 1.29 is 10.2 Å². The van der Waals surface area contributed by atoms with Crippen LogP contribution < -0.4 is 0 Å². The van der Waals surface area contributed by atoms with Crippen molar-refractivity contribution in [3.63, 3.8) is 0 Å². The summed E-state index contributed by atoms with van der Waals surface area (Å²) in [5.41, 5.74) is 8.56. The summed E-state index contributed by atoms with van der Waals surface area (Å²) >= 11 is 0. The van der Waals surface area contributed by atoms with Gasteiger partial charge < -0.3 is 15.2 Å². The molecule has 0 bridgehead atoms. The highest BCUT2D eigenvalue weighted by Crippen LogP contribution is 2.15. The molecule has 2 unspecified atom stereocenters. The van der Waals surface area contributed by atoms with Gasteiger partial charge in [-0.05, 0) is 11.6 Å². The zero-order chi connectivity index (χ0) is 9.68. The molecule has 1 heterocycles. The van der Waals surface area contributed by atoms with E-state index in [4.69, 9.17) is 5.53 Å². The highest BCUT2D eigenvalue weighted by atomic mass is 16.3. The van der Waals surface area contributed by atoms with Crippen LogP contribution in [0.25, 0.3) is 10.4 Å². The maximum atomic E-state index is 9.45. The minimum atomic E-state index is -1.06. The standard InChI is InChI=1S/C7H10N4O2/c8-11-10-4-6(12)7(13)5-1-2-9-3-5/h1-3,6-7,9,12-13H,4H2. The van der Waals surface area contributed by atoms with Crippen molar-refractivity contribution in [1.82, 2.24) is 4.98 Å². The molecule has 2 atom stereocenters. The Hall–Kier alpha value is -1.49. The van der Waals surface area contributed by atoms with E-state index in [1.807, 2.05) is 0 Å². The van der Waals surface area contributed by atoms with Gasteiger partial charge in [-0.2, -0.15) is 0 Å². The fourth-order valence-electron chi connectivity index (χ4n) is 0.963. The number of nitrogens with one attached hydrogen (secondary N) is 1. The first kappa shape index (κ1) is 9.60. The highest BCUT2D eigenvalue weighted by molar-refractivity contribution is 5.13. The van der Waals surface area contributed by atoms with E-state index in [0.29, 0.717) is 5.56 Å². The number of aromatic amines is 1. The molecular weight excluding hydrogens is 172 g/mol. The second kappa shape index (κ2) is 4.51. The Labute approximate surface area is 74.5 Å². The lowest BCUT2D eigenvalue weighted by Crippen LogP contribution is -2.20. The van der Waals surface area contributed by atoms with Gasteiger partial charge in [0.25, 0.3) is 0 Å². The number of azide groups is 1. The second-order valence-electron chi connectivity index (χ2n) is 2.57. The predicted molar refractivity (Wildman–Crippen MR) is 45.8 cm³/mol. The first-order chi connectivity index (χ1) is 6.25. The Kier molecular flexibility index (Phi) is 3.33. The van der Waals surface area contributed by atoms with Gasteiger partial charge in [-0.25, -0.2) is 0 Å². The van der Waals surface area contributed by atoms with Crippen molar-refractivity contribution in [3.8, 4) is 0 Å². The molecule has 0 aliphatic rings. The van der Waals surface area contributed by atoms with Gasteiger partial charge in [0.15, 0.2) is 0 Å². The van der Waals surface area contributed by atoms with Crippen molar-refractivity contribution in [2.24, 2.45) is 5.11 Å². The summed E-state index contributed by atoms with van der Waals surface area (Å²) in [5, 5.41) is 21.9. The number of hydrogen-bond donors (Lipinski definition) is 3. The first-order valence-electron chi connectivity index (χ1n) is 3.75. The summed E-state index contributed by atoms with van der Waals surface area (Å²) in [6.45, 7) is -0.136. The van der Waals surface area contributed by atoms with Crippen molar-refractivity contribution in [2.75, 3.05) is 6.54 Å². The fourth-order valence-corrected chi connectivity index (χ4v) is 0.963. The van der Waals surface area contributed by atoms with Crippen molar-refractivity contribution in [2.45, 2.75) is 12.2 Å². The first-order valence-corrected chi connectivity index (χ1v) is 3.75. The zero-order valence-electron chi connectivity index (χ0n) is 6.83. The van der Waals surface area contributed by atoms with Crippen molar-refractivity contribution in [3.05, 3.63) is 34.5 Å². The summed E-state index contributed by atoms with van der Waals surface area (Å²) in [6.07, 6.45) is 1.13. The molecule has 0 amide bonds. The Morgan fingerprint density at radius 3 is 2.92 bits per heavy atom. The number of H-pyrrole nitrogens is 1. The Morgan fingerprint density at radius 2 is 2.38 bits per heavy atom. The quantitative estimate of drug-likeness (QED) is 0.362. The summed E-state index contributed by atoms with van der Waals surface area (Å²) in [7, 11) is 0. The fraction of sp³-hybridized carbons (Fsp3) is 0.429. The molecule has 6 heteroatoms. The molecule has 0 radical (unpaired) electrons. The van der Waals surface area contributed by atoms with Gasteiger partial charge in [0.05, 0.1) is 12.6 Å². The minimum Gasteiger partial charge on any atom is -0.390 e. The number of aromatic nitrogens is 1. The van der Waals surface area contributed by atoms with Gasteiger partial charge >= 0.3 is 0 Å². The van der Waals surface area contributed by atoms with Crippen LogP contribution in [0.15, 0.2) is 23.6 Å². The van der Waals surface area contributed by atoms with Crippen LogP contribution in [0.4, 0.5) is 0 Å². The van der Waals surface area contributed by atoms with Crippen LogP contribution in [0.1, 0.15) is 11.7 Å². The second-order valence-corrected chi connectivity index (χ2v) is 2.57. The molecule has 13 heavy (non-hydrogen) atoms. The number of aliphatic hydroxyl groups is 2. The maximum Gasteiger partial charge on any atom is 0.106 e. The van der Waals surface area contributed by atoms with E-state index in [1.54, 1.807) is 18.5 Å². The summed E-state index contributed by atoms with van der Waals surface area (Å²) < 4.78 is 0. The van der Waals surface area contributed by atoms with Gasteiger partial charge in [-0.1, -0.05) is 5.11 Å². The number of aliphatic hydroxyl groups excluding tert-OH is 2. The lowest BCUT2D eigenvalue weighted by atomic mass is 10.1. The highest BCUT2D eigenvalue weighted by Gasteiger charge is 2.17. The third-order valence-electron chi connectivity index (χ3n) is 1.66. The molecule has 0 saturated carbocycles. The van der Waals surface area contributed by atoms with Crippen LogP contribution in [-0.4, -0.2) is 27.8 Å². The van der Waals surface area contributed by atoms with E-state index < -0.39 is 12.2 Å². The molecule has 70 valence electrons. The van der Waals surface area contributed by atoms with Crippen molar-refractivity contribution in [1.29, 1.82) is 0 Å². The largest absolute Gasteiger partial charge is 0.390 e. The van der Waals surface area contributed by atoms with Crippen LogP contribution >= 0.6 is 0 Å². The molecule has 0 spiro atoms. The van der Waals surface area contributed by atoms with Gasteiger partial charge in [0.2, 0.25) is 0 Å². The van der Waals surface area contributed by atoms with E-state index >= 15 is 0 Å². The van der Waals surface area contributed by atoms with E-state index in [2.05, 4.69) is 15.0 Å². The van der Waals surface area contributed by atoms with Crippen LogP contribution in [0, 0.1) is 0 Å². The Balaban J connectivity index is 2.57. The predicted octanol–water partition coefficient (Wildman–Crippen LogP) is 0.719. The zero-order valence-corrected chi connectivity index (χ0v) is 6.83. The lowest BCUT2D eigenvalue weighted by molar-refractivity contribution is 0.0245. The van der Waals surface area contributed by atoms with Crippen molar-refractivity contribution >= 4 is 0 Å². The van der Waals surface area contributed by atoms with E-state index in [1.165, 1.54) is 0 Å². The Bertz CT molecular complexity index is 291. The summed E-state index contributed by atoms with van der Waals surface area (Å²) in [5.74, 6) is 0. The number of rotatable bonds is 4. The molecule has 0 aromatic carbocycles. The molecule has 0 saturated heterocycles. The van der Waals surface area contributed by atoms with Crippen LogP contribution in [0.5, 0.6) is 0 Å². The van der Waals surface area contributed by atoms with E-state index in [-0.39, 0.29) is 6.54 Å². The lowest BCUT2D eigenvalue weighted by Gasteiger charge is -2.13. The third-order valence-corrected chi connectivity index (χ3v) is 1.66. The monoisotopic (exact) mass is 182 g/mol. The molecule has 1 aromatic heterocycles. The molecule has 0 fully saturated rings. The third kappa shape index (κ3) is 2.48. The van der Waals surface area contributed by atoms with E-state index in [9.17, 15) is 10.2 Å². The Morgan fingerprint density at radius 1 is 1.62 bits per heavy atom. The average Bonchev–Trinajstić information content (AvgIpc) is 2.65. The molecule has 1 aromatic rings. The SMILES string of the molecule is [N-]=[N+]=NCC(O)C(O)c1cc[nH]c1. The van der Waals surface area contributed by atoms with Crippen LogP contribution in [-0.2, 0) is 0 Å². The summed E-state index contributed by atoms with van der Waals surface area (Å²) in [6, 6.07) is 1.64. The maximum absolute atomic E-state index is 9.45. The van der Waals surface area contributed by atoms with E-state index in [0.717, 1.165) is 0 Å². The number of nitrogens with zero attached hydrogens (tertiary/aromatic N) is 3. The van der Waals surface area contributed by atoms with Crippen LogP contribution in [0.2, 0.25) is 0 Å². The molecule has 6 nitrogen and oxygen atoms in total. The van der Waals surface area contributed by atoms with Crippen LogP contribution in [0.3, 0.4) is 0 Å². The molecule has 0 aliphatic carbocycles. The van der Waals surface area contributed by atoms with Gasteiger partial charge in [0.1, 0.15) is 6.10 Å². The molecule has 1 rings (SSSR count). The topological polar surface area (TPSA) is 105 Å². The average molecular weight is 182 g/mol. The molecular formula is C7H10N4O2.